The standard InChI is InChI=1S/C22H28ClNO4/c1-16(17-7-9-20(10-8-17)28-15-22(25)27-3)11-12-24-14-21(26-2)18-5-4-6-19(23)13-18/h4-10,13,16,21,24H,11-12,14-15H2,1-3H3. The Hall–Kier alpha value is -2.08. The Balaban J connectivity index is 1.75. The van der Waals surface area contributed by atoms with Crippen LogP contribution in [0.2, 0.25) is 5.02 Å². The van der Waals surface area contributed by atoms with E-state index in [0.717, 1.165) is 25.1 Å². The molecule has 0 heterocycles. The number of ether oxygens (including phenoxy) is 3. The predicted octanol–water partition coefficient (Wildman–Crippen LogP) is 4.36. The highest BCUT2D eigenvalue weighted by atomic mass is 35.5. The molecule has 0 aliphatic carbocycles. The molecule has 6 heteroatoms. The SMILES string of the molecule is COC(=O)COc1ccc(C(C)CCNCC(OC)c2cccc(Cl)c2)cc1. The van der Waals surface area contributed by atoms with Crippen molar-refractivity contribution in [3.63, 3.8) is 0 Å². The maximum absolute atomic E-state index is 11.1. The summed E-state index contributed by atoms with van der Waals surface area (Å²) in [6.07, 6.45) is 0.967. The first-order valence-corrected chi connectivity index (χ1v) is 9.69. The lowest BCUT2D eigenvalue weighted by Crippen LogP contribution is -2.24. The second-order valence-corrected chi connectivity index (χ2v) is 7.04. The Labute approximate surface area is 171 Å². The predicted molar refractivity (Wildman–Crippen MR) is 111 cm³/mol. The van der Waals surface area contributed by atoms with Gasteiger partial charge in [0.05, 0.1) is 13.2 Å². The first-order valence-electron chi connectivity index (χ1n) is 9.32. The van der Waals surface area contributed by atoms with Gasteiger partial charge < -0.3 is 19.5 Å². The van der Waals surface area contributed by atoms with Gasteiger partial charge in [0.25, 0.3) is 0 Å². The molecule has 0 saturated heterocycles. The van der Waals surface area contributed by atoms with Gasteiger partial charge in [-0.2, -0.15) is 0 Å². The van der Waals surface area contributed by atoms with Gasteiger partial charge in [0.15, 0.2) is 6.61 Å². The zero-order valence-electron chi connectivity index (χ0n) is 16.6. The van der Waals surface area contributed by atoms with E-state index in [1.165, 1.54) is 12.7 Å². The number of methoxy groups -OCH3 is 2. The molecule has 0 aliphatic heterocycles. The molecule has 0 amide bonds. The number of carbonyl (C=O) groups is 1. The molecule has 2 aromatic rings. The molecule has 0 saturated carbocycles. The number of benzene rings is 2. The Morgan fingerprint density at radius 3 is 2.50 bits per heavy atom. The maximum Gasteiger partial charge on any atom is 0.343 e. The number of hydrogen-bond donors (Lipinski definition) is 1. The van der Waals surface area contributed by atoms with Crippen LogP contribution in [0.3, 0.4) is 0 Å². The molecule has 0 spiro atoms. The number of rotatable bonds is 11. The van der Waals surface area contributed by atoms with Crippen LogP contribution in [0.1, 0.15) is 36.5 Å². The van der Waals surface area contributed by atoms with Crippen LogP contribution in [0, 0.1) is 0 Å². The number of nitrogens with one attached hydrogen (secondary N) is 1. The first-order chi connectivity index (χ1) is 13.5. The van der Waals surface area contributed by atoms with Crippen LogP contribution in [0.25, 0.3) is 0 Å². The van der Waals surface area contributed by atoms with Crippen LogP contribution in [-0.4, -0.2) is 39.9 Å². The summed E-state index contributed by atoms with van der Waals surface area (Å²) in [5.41, 5.74) is 2.29. The van der Waals surface area contributed by atoms with Gasteiger partial charge >= 0.3 is 5.97 Å². The Morgan fingerprint density at radius 1 is 1.11 bits per heavy atom. The Bertz CT molecular complexity index is 736. The monoisotopic (exact) mass is 405 g/mol. The van der Waals surface area contributed by atoms with Gasteiger partial charge in [-0.05, 0) is 54.3 Å². The fourth-order valence-corrected chi connectivity index (χ4v) is 3.06. The summed E-state index contributed by atoms with van der Waals surface area (Å²) in [6, 6.07) is 15.6. The van der Waals surface area contributed by atoms with Crippen molar-refractivity contribution >= 4 is 17.6 Å². The van der Waals surface area contributed by atoms with Crippen LogP contribution >= 0.6 is 11.6 Å². The van der Waals surface area contributed by atoms with Gasteiger partial charge in [-0.15, -0.1) is 0 Å². The minimum atomic E-state index is -0.393. The molecule has 2 atom stereocenters. The lowest BCUT2D eigenvalue weighted by Gasteiger charge is -2.18. The van der Waals surface area contributed by atoms with E-state index in [1.54, 1.807) is 7.11 Å². The van der Waals surface area contributed by atoms with E-state index in [0.29, 0.717) is 16.7 Å². The molecule has 28 heavy (non-hydrogen) atoms. The molecule has 0 aliphatic rings. The van der Waals surface area contributed by atoms with Gasteiger partial charge in [0.2, 0.25) is 0 Å². The zero-order chi connectivity index (χ0) is 20.4. The topological polar surface area (TPSA) is 56.8 Å². The molecule has 0 aromatic heterocycles. The summed E-state index contributed by atoms with van der Waals surface area (Å²) in [5.74, 6) is 0.661. The smallest absolute Gasteiger partial charge is 0.343 e. The molecule has 2 rings (SSSR count). The van der Waals surface area contributed by atoms with Gasteiger partial charge in [-0.3, -0.25) is 0 Å². The molecule has 0 fully saturated rings. The molecule has 2 unspecified atom stereocenters. The second kappa shape index (κ2) is 11.7. The highest BCUT2D eigenvalue weighted by molar-refractivity contribution is 6.30. The lowest BCUT2D eigenvalue weighted by molar-refractivity contribution is -0.142. The quantitative estimate of drug-likeness (QED) is 0.444. The van der Waals surface area contributed by atoms with E-state index >= 15 is 0 Å². The molecule has 152 valence electrons. The van der Waals surface area contributed by atoms with Crippen molar-refractivity contribution in [2.75, 3.05) is 33.9 Å². The highest BCUT2D eigenvalue weighted by Crippen LogP contribution is 2.22. The van der Waals surface area contributed by atoms with E-state index in [9.17, 15) is 4.79 Å². The summed E-state index contributed by atoms with van der Waals surface area (Å²) in [7, 11) is 3.05. The molecule has 2 aromatic carbocycles. The van der Waals surface area contributed by atoms with Crippen molar-refractivity contribution in [2.45, 2.75) is 25.4 Å². The van der Waals surface area contributed by atoms with Gasteiger partial charge in [0, 0.05) is 18.7 Å². The van der Waals surface area contributed by atoms with Gasteiger partial charge in [-0.25, -0.2) is 4.79 Å². The van der Waals surface area contributed by atoms with Gasteiger partial charge in [-0.1, -0.05) is 42.8 Å². The third-order valence-corrected chi connectivity index (χ3v) is 4.86. The van der Waals surface area contributed by atoms with Crippen molar-refractivity contribution in [3.05, 3.63) is 64.7 Å². The van der Waals surface area contributed by atoms with Crippen molar-refractivity contribution in [2.24, 2.45) is 0 Å². The molecule has 1 N–H and O–H groups in total. The molecule has 5 nitrogen and oxygen atoms in total. The first kappa shape index (κ1) is 22.2. The van der Waals surface area contributed by atoms with Crippen molar-refractivity contribution in [1.82, 2.24) is 5.32 Å². The van der Waals surface area contributed by atoms with Crippen LogP contribution in [-0.2, 0) is 14.3 Å². The van der Waals surface area contributed by atoms with E-state index in [1.807, 2.05) is 48.5 Å². The lowest BCUT2D eigenvalue weighted by atomic mass is 9.98. The Kier molecular flexibility index (Phi) is 9.28. The summed E-state index contributed by atoms with van der Waals surface area (Å²) in [5, 5.41) is 4.18. The number of carbonyl (C=O) groups excluding carboxylic acids is 1. The number of halogens is 1. The largest absolute Gasteiger partial charge is 0.482 e. The highest BCUT2D eigenvalue weighted by Gasteiger charge is 2.11. The summed E-state index contributed by atoms with van der Waals surface area (Å²) in [4.78, 5) is 11.1. The van der Waals surface area contributed by atoms with Gasteiger partial charge in [0.1, 0.15) is 5.75 Å². The van der Waals surface area contributed by atoms with E-state index < -0.39 is 5.97 Å². The summed E-state index contributed by atoms with van der Waals surface area (Å²) < 4.78 is 15.5. The zero-order valence-corrected chi connectivity index (χ0v) is 17.4. The van der Waals surface area contributed by atoms with Crippen LogP contribution in [0.5, 0.6) is 5.75 Å². The minimum Gasteiger partial charge on any atom is -0.482 e. The van der Waals surface area contributed by atoms with Crippen molar-refractivity contribution in [1.29, 1.82) is 0 Å². The van der Waals surface area contributed by atoms with Crippen LogP contribution in [0.15, 0.2) is 48.5 Å². The maximum atomic E-state index is 11.1. The van der Waals surface area contributed by atoms with E-state index in [-0.39, 0.29) is 12.7 Å². The minimum absolute atomic E-state index is 0.0275. The van der Waals surface area contributed by atoms with Crippen LogP contribution < -0.4 is 10.1 Å². The average Bonchev–Trinajstić information content (AvgIpc) is 2.72. The summed E-state index contributed by atoms with van der Waals surface area (Å²) in [6.45, 7) is 3.71. The van der Waals surface area contributed by atoms with Crippen LogP contribution in [0.4, 0.5) is 0 Å². The fraction of sp³-hybridized carbons (Fsp3) is 0.409. The fourth-order valence-electron chi connectivity index (χ4n) is 2.86. The third kappa shape index (κ3) is 7.15. The number of hydrogen-bond acceptors (Lipinski definition) is 5. The Morgan fingerprint density at radius 2 is 1.86 bits per heavy atom. The molecular weight excluding hydrogens is 378 g/mol. The molecule has 0 bridgehead atoms. The normalized spacial score (nSPS) is 13.0. The van der Waals surface area contributed by atoms with E-state index in [2.05, 4.69) is 17.0 Å². The van der Waals surface area contributed by atoms with Crippen molar-refractivity contribution < 1.29 is 19.0 Å². The average molecular weight is 406 g/mol. The van der Waals surface area contributed by atoms with E-state index in [4.69, 9.17) is 21.1 Å². The number of esters is 1. The second-order valence-electron chi connectivity index (χ2n) is 6.61. The summed E-state index contributed by atoms with van der Waals surface area (Å²) >= 11 is 6.06. The molecule has 0 radical (unpaired) electrons. The van der Waals surface area contributed by atoms with Crippen molar-refractivity contribution in [3.8, 4) is 5.75 Å². The molecular formula is C22H28ClNO4. The third-order valence-electron chi connectivity index (χ3n) is 4.62.